The lowest BCUT2D eigenvalue weighted by Gasteiger charge is -2.05. The molecule has 0 aliphatic carbocycles. The van der Waals surface area contributed by atoms with Gasteiger partial charge in [0.25, 0.3) is 5.56 Å². The molecule has 2 N–H and O–H groups in total. The highest BCUT2D eigenvalue weighted by atomic mass is 35.5. The predicted molar refractivity (Wildman–Crippen MR) is 105 cm³/mol. The SMILES string of the molecule is COc1cc(/C=c2\sc3nc(-c4ccc(Cl)cc4)cn3c2=O)cc(O)c1O. The molecule has 0 atom stereocenters. The minimum Gasteiger partial charge on any atom is -0.504 e. The van der Waals surface area contributed by atoms with Gasteiger partial charge in [-0.1, -0.05) is 35.1 Å². The van der Waals surface area contributed by atoms with Crippen molar-refractivity contribution >= 4 is 34.0 Å². The van der Waals surface area contributed by atoms with E-state index < -0.39 is 0 Å². The lowest BCUT2D eigenvalue weighted by Crippen LogP contribution is -2.22. The predicted octanol–water partition coefficient (Wildman–Crippen LogP) is 3.04. The Labute approximate surface area is 162 Å². The first-order chi connectivity index (χ1) is 13.0. The van der Waals surface area contributed by atoms with Gasteiger partial charge in [0.2, 0.25) is 5.75 Å². The number of methoxy groups -OCH3 is 1. The fourth-order valence-electron chi connectivity index (χ4n) is 2.70. The Kier molecular flexibility index (Phi) is 4.25. The number of ether oxygens (including phenoxy) is 1. The van der Waals surface area contributed by atoms with Gasteiger partial charge in [-0.05, 0) is 35.9 Å². The van der Waals surface area contributed by atoms with E-state index in [0.29, 0.717) is 25.8 Å². The standard InChI is InChI=1S/C19H13ClN2O4S/c1-26-15-7-10(6-14(23)17(15)24)8-16-18(25)22-9-13(21-19(22)27-16)11-2-4-12(20)5-3-11/h2-9,23-24H,1H3/b16-8-. The highest BCUT2D eigenvalue weighted by molar-refractivity contribution is 7.15. The number of fused-ring (bicyclic) bond motifs is 1. The Bertz CT molecular complexity index is 1260. The van der Waals surface area contributed by atoms with E-state index in [1.165, 1.54) is 35.0 Å². The Balaban J connectivity index is 1.80. The molecule has 0 spiro atoms. The second kappa shape index (κ2) is 6.61. The number of hydrogen-bond donors (Lipinski definition) is 2. The highest BCUT2D eigenvalue weighted by Crippen LogP contribution is 2.36. The van der Waals surface area contributed by atoms with E-state index >= 15 is 0 Å². The molecule has 2 heterocycles. The van der Waals surface area contributed by atoms with Crippen LogP contribution in [0.4, 0.5) is 0 Å². The average Bonchev–Trinajstić information content (AvgIpc) is 3.18. The van der Waals surface area contributed by atoms with Gasteiger partial charge in [-0.3, -0.25) is 9.20 Å². The number of aromatic nitrogens is 2. The van der Waals surface area contributed by atoms with Gasteiger partial charge in [-0.2, -0.15) is 0 Å². The first-order valence-electron chi connectivity index (χ1n) is 7.86. The molecule has 4 aromatic rings. The van der Waals surface area contributed by atoms with Crippen molar-refractivity contribution < 1.29 is 14.9 Å². The van der Waals surface area contributed by atoms with Crippen molar-refractivity contribution in [3.8, 4) is 28.5 Å². The molecule has 0 aliphatic heterocycles. The van der Waals surface area contributed by atoms with E-state index in [4.69, 9.17) is 16.3 Å². The van der Waals surface area contributed by atoms with E-state index in [-0.39, 0.29) is 22.8 Å². The third kappa shape index (κ3) is 3.11. The van der Waals surface area contributed by atoms with Crippen LogP contribution in [0.1, 0.15) is 5.56 Å². The molecule has 2 aromatic carbocycles. The second-order valence-corrected chi connectivity index (χ2v) is 7.24. The van der Waals surface area contributed by atoms with Crippen LogP contribution >= 0.6 is 22.9 Å². The number of thiazole rings is 1. The maximum Gasteiger partial charge on any atom is 0.274 e. The van der Waals surface area contributed by atoms with Gasteiger partial charge >= 0.3 is 0 Å². The molecule has 0 saturated carbocycles. The summed E-state index contributed by atoms with van der Waals surface area (Å²) in [4.78, 5) is 17.7. The van der Waals surface area contributed by atoms with Crippen molar-refractivity contribution in [2.45, 2.75) is 0 Å². The van der Waals surface area contributed by atoms with Crippen molar-refractivity contribution in [3.05, 3.63) is 68.1 Å². The quantitative estimate of drug-likeness (QED) is 0.516. The van der Waals surface area contributed by atoms with Crippen molar-refractivity contribution in [3.63, 3.8) is 0 Å². The molecule has 2 aromatic heterocycles. The Hall–Kier alpha value is -3.03. The smallest absolute Gasteiger partial charge is 0.274 e. The normalized spacial score (nSPS) is 12.0. The lowest BCUT2D eigenvalue weighted by atomic mass is 10.2. The van der Waals surface area contributed by atoms with Crippen molar-refractivity contribution in [2.24, 2.45) is 0 Å². The van der Waals surface area contributed by atoms with Crippen LogP contribution in [-0.4, -0.2) is 26.7 Å². The van der Waals surface area contributed by atoms with Crippen LogP contribution < -0.4 is 14.8 Å². The van der Waals surface area contributed by atoms with Crippen LogP contribution in [0.2, 0.25) is 5.02 Å². The zero-order chi connectivity index (χ0) is 19.1. The van der Waals surface area contributed by atoms with Gasteiger partial charge in [0.05, 0.1) is 17.3 Å². The maximum atomic E-state index is 12.7. The van der Waals surface area contributed by atoms with Crippen molar-refractivity contribution in [2.75, 3.05) is 7.11 Å². The Morgan fingerprint density at radius 2 is 1.96 bits per heavy atom. The fraction of sp³-hybridized carbons (Fsp3) is 0.0526. The number of halogens is 1. The molecule has 0 fully saturated rings. The van der Waals surface area contributed by atoms with Crippen LogP contribution in [0.5, 0.6) is 17.2 Å². The molecular weight excluding hydrogens is 388 g/mol. The molecule has 27 heavy (non-hydrogen) atoms. The molecule has 0 amide bonds. The minimum absolute atomic E-state index is 0.125. The number of imidazole rings is 1. The van der Waals surface area contributed by atoms with Crippen LogP contribution in [0.25, 0.3) is 22.3 Å². The zero-order valence-corrected chi connectivity index (χ0v) is 15.6. The number of benzene rings is 2. The zero-order valence-electron chi connectivity index (χ0n) is 14.0. The molecule has 0 unspecified atom stereocenters. The summed E-state index contributed by atoms with van der Waals surface area (Å²) in [6.45, 7) is 0. The summed E-state index contributed by atoms with van der Waals surface area (Å²) in [7, 11) is 1.38. The number of rotatable bonds is 3. The Morgan fingerprint density at radius 1 is 1.22 bits per heavy atom. The third-order valence-electron chi connectivity index (χ3n) is 4.04. The molecule has 8 heteroatoms. The Morgan fingerprint density at radius 3 is 2.63 bits per heavy atom. The van der Waals surface area contributed by atoms with E-state index in [1.54, 1.807) is 24.4 Å². The van der Waals surface area contributed by atoms with E-state index in [0.717, 1.165) is 5.56 Å². The maximum absolute atomic E-state index is 12.7. The third-order valence-corrected chi connectivity index (χ3v) is 5.27. The molecular formula is C19H13ClN2O4S. The second-order valence-electron chi connectivity index (χ2n) is 5.79. The molecule has 0 radical (unpaired) electrons. The summed E-state index contributed by atoms with van der Waals surface area (Å²) in [6.07, 6.45) is 3.30. The molecule has 6 nitrogen and oxygen atoms in total. The first-order valence-corrected chi connectivity index (χ1v) is 9.05. The first kappa shape index (κ1) is 17.4. The molecule has 0 aliphatic rings. The summed E-state index contributed by atoms with van der Waals surface area (Å²) in [5, 5.41) is 20.1. The summed E-state index contributed by atoms with van der Waals surface area (Å²) < 4.78 is 6.96. The highest BCUT2D eigenvalue weighted by Gasteiger charge is 2.12. The van der Waals surface area contributed by atoms with Crippen molar-refractivity contribution in [1.82, 2.24) is 9.38 Å². The summed E-state index contributed by atoms with van der Waals surface area (Å²) in [5.74, 6) is -0.537. The van der Waals surface area contributed by atoms with Gasteiger partial charge in [0.15, 0.2) is 16.5 Å². The number of nitrogens with zero attached hydrogens (tertiary/aromatic N) is 2. The summed E-state index contributed by atoms with van der Waals surface area (Å²) in [5.41, 5.74) is 1.87. The minimum atomic E-state index is -0.342. The largest absolute Gasteiger partial charge is 0.504 e. The summed E-state index contributed by atoms with van der Waals surface area (Å²) >= 11 is 7.14. The van der Waals surface area contributed by atoms with Crippen LogP contribution in [0.3, 0.4) is 0 Å². The van der Waals surface area contributed by atoms with Gasteiger partial charge in [-0.25, -0.2) is 4.98 Å². The van der Waals surface area contributed by atoms with Crippen LogP contribution in [0.15, 0.2) is 47.4 Å². The molecule has 0 bridgehead atoms. The molecule has 4 rings (SSSR count). The van der Waals surface area contributed by atoms with E-state index in [9.17, 15) is 15.0 Å². The molecule has 0 saturated heterocycles. The van der Waals surface area contributed by atoms with E-state index in [2.05, 4.69) is 4.98 Å². The molecule has 136 valence electrons. The number of hydrogen-bond acceptors (Lipinski definition) is 6. The average molecular weight is 401 g/mol. The van der Waals surface area contributed by atoms with Crippen molar-refractivity contribution in [1.29, 1.82) is 0 Å². The van der Waals surface area contributed by atoms with Gasteiger partial charge in [-0.15, -0.1) is 0 Å². The van der Waals surface area contributed by atoms with Crippen LogP contribution in [0, 0.1) is 0 Å². The number of aromatic hydroxyl groups is 2. The summed E-state index contributed by atoms with van der Waals surface area (Å²) in [6, 6.07) is 10.1. The van der Waals surface area contributed by atoms with Gasteiger partial charge in [0.1, 0.15) is 0 Å². The van der Waals surface area contributed by atoms with Crippen LogP contribution in [-0.2, 0) is 0 Å². The van der Waals surface area contributed by atoms with Gasteiger partial charge < -0.3 is 14.9 Å². The number of phenolic OH excluding ortho intramolecular Hbond substituents is 2. The fourth-order valence-corrected chi connectivity index (χ4v) is 3.78. The van der Waals surface area contributed by atoms with E-state index in [1.807, 2.05) is 12.1 Å². The monoisotopic (exact) mass is 400 g/mol. The lowest BCUT2D eigenvalue weighted by molar-refractivity contribution is 0.351. The topological polar surface area (TPSA) is 84.1 Å². The number of phenols is 2. The van der Waals surface area contributed by atoms with Gasteiger partial charge in [0, 0.05) is 16.8 Å².